The van der Waals surface area contributed by atoms with Gasteiger partial charge in [0, 0.05) is 5.66 Å². The van der Waals surface area contributed by atoms with Crippen LogP contribution >= 0.6 is 9.24 Å². The molecule has 1 heteroatoms. The van der Waals surface area contributed by atoms with E-state index in [0.717, 1.165) is 0 Å². The standard InChI is InChI=1S/C18H31P/c1-12(2)16(19)13-9-14(17(3,4)5)11-15(10-13)18(6,7)8/h9-12,16H,19H2,1-8H3. The van der Waals surface area contributed by atoms with Gasteiger partial charge in [0.1, 0.15) is 0 Å². The first kappa shape index (κ1) is 16.7. The van der Waals surface area contributed by atoms with Crippen molar-refractivity contribution < 1.29 is 0 Å². The van der Waals surface area contributed by atoms with Crippen molar-refractivity contribution in [1.82, 2.24) is 0 Å². The molecular formula is C18H31P. The van der Waals surface area contributed by atoms with Crippen LogP contribution in [0.2, 0.25) is 0 Å². The molecule has 0 bridgehead atoms. The van der Waals surface area contributed by atoms with Gasteiger partial charge in [0.15, 0.2) is 0 Å². The summed E-state index contributed by atoms with van der Waals surface area (Å²) >= 11 is 0. The van der Waals surface area contributed by atoms with E-state index < -0.39 is 0 Å². The summed E-state index contributed by atoms with van der Waals surface area (Å²) in [7, 11) is 3.02. The number of benzene rings is 1. The Labute approximate surface area is 122 Å². The van der Waals surface area contributed by atoms with Crippen molar-refractivity contribution in [3.63, 3.8) is 0 Å². The van der Waals surface area contributed by atoms with Crippen LogP contribution in [0.15, 0.2) is 18.2 Å². The molecule has 1 aromatic rings. The highest BCUT2D eigenvalue weighted by Crippen LogP contribution is 2.37. The summed E-state index contributed by atoms with van der Waals surface area (Å²) in [5, 5.41) is 0. The molecule has 2 atom stereocenters. The Hall–Kier alpha value is -0.350. The molecule has 0 heterocycles. The van der Waals surface area contributed by atoms with Crippen molar-refractivity contribution >= 4 is 9.24 Å². The molecule has 0 amide bonds. The van der Waals surface area contributed by atoms with Crippen LogP contribution in [0.1, 0.15) is 77.7 Å². The summed E-state index contributed by atoms with van der Waals surface area (Å²) in [5.74, 6) is 0.646. The average Bonchev–Trinajstić information content (AvgIpc) is 2.24. The summed E-state index contributed by atoms with van der Waals surface area (Å²) in [5.41, 5.74) is 5.29. The van der Waals surface area contributed by atoms with E-state index in [2.05, 4.69) is 82.8 Å². The molecule has 0 aromatic heterocycles. The molecule has 0 radical (unpaired) electrons. The van der Waals surface area contributed by atoms with E-state index >= 15 is 0 Å². The van der Waals surface area contributed by atoms with Crippen LogP contribution in [0, 0.1) is 5.92 Å². The monoisotopic (exact) mass is 278 g/mol. The van der Waals surface area contributed by atoms with Crippen molar-refractivity contribution in [3.8, 4) is 0 Å². The average molecular weight is 278 g/mol. The van der Waals surface area contributed by atoms with Gasteiger partial charge in [0.25, 0.3) is 0 Å². The van der Waals surface area contributed by atoms with Crippen molar-refractivity contribution in [2.45, 2.75) is 71.9 Å². The third-order valence-electron chi connectivity index (χ3n) is 3.79. The molecule has 108 valence electrons. The van der Waals surface area contributed by atoms with Crippen LogP contribution in [-0.4, -0.2) is 0 Å². The smallest absolute Gasteiger partial charge is 0.000854 e. The largest absolute Gasteiger partial charge is 0.129 e. The van der Waals surface area contributed by atoms with Crippen molar-refractivity contribution in [2.75, 3.05) is 0 Å². The molecule has 0 aliphatic heterocycles. The summed E-state index contributed by atoms with van der Waals surface area (Å²) in [4.78, 5) is 0. The Morgan fingerprint density at radius 2 is 1.16 bits per heavy atom. The lowest BCUT2D eigenvalue weighted by Crippen LogP contribution is -2.17. The molecule has 1 aromatic carbocycles. The predicted octanol–water partition coefficient (Wildman–Crippen LogP) is 5.85. The molecule has 2 unspecified atom stereocenters. The van der Waals surface area contributed by atoms with Gasteiger partial charge in [-0.1, -0.05) is 73.6 Å². The van der Waals surface area contributed by atoms with E-state index in [1.54, 1.807) is 0 Å². The molecule has 0 saturated heterocycles. The number of rotatable bonds is 2. The maximum atomic E-state index is 3.02. The molecule has 0 aliphatic carbocycles. The Morgan fingerprint density at radius 1 is 0.789 bits per heavy atom. The van der Waals surface area contributed by atoms with Gasteiger partial charge < -0.3 is 0 Å². The Kier molecular flexibility index (Phi) is 4.89. The highest BCUT2D eigenvalue weighted by atomic mass is 31.0. The molecule has 0 saturated carbocycles. The first-order valence-electron chi connectivity index (χ1n) is 7.34. The minimum atomic E-state index is 0.206. The third-order valence-corrected chi connectivity index (χ3v) is 4.95. The summed E-state index contributed by atoms with van der Waals surface area (Å²) in [6, 6.07) is 7.18. The lowest BCUT2D eigenvalue weighted by Gasteiger charge is -2.28. The SMILES string of the molecule is CC(C)C(P)c1cc(C(C)(C)C)cc(C(C)(C)C)c1. The molecule has 0 nitrogen and oxygen atoms in total. The predicted molar refractivity (Wildman–Crippen MR) is 91.1 cm³/mol. The summed E-state index contributed by atoms with van der Waals surface area (Å²) < 4.78 is 0. The molecule has 0 fully saturated rings. The Bertz CT molecular complexity index is 398. The number of hydrogen-bond donors (Lipinski definition) is 0. The minimum Gasteiger partial charge on any atom is -0.129 e. The van der Waals surface area contributed by atoms with Gasteiger partial charge in [0.2, 0.25) is 0 Å². The molecule has 19 heavy (non-hydrogen) atoms. The molecule has 0 spiro atoms. The maximum absolute atomic E-state index is 3.02. The minimum absolute atomic E-state index is 0.206. The van der Waals surface area contributed by atoms with E-state index in [1.807, 2.05) is 0 Å². The first-order valence-corrected chi connectivity index (χ1v) is 8.01. The lowest BCUT2D eigenvalue weighted by atomic mass is 9.79. The van der Waals surface area contributed by atoms with E-state index in [9.17, 15) is 0 Å². The summed E-state index contributed by atoms with van der Waals surface area (Å²) in [6.07, 6.45) is 0. The van der Waals surface area contributed by atoms with Gasteiger partial charge in [0.05, 0.1) is 0 Å². The highest BCUT2D eigenvalue weighted by Gasteiger charge is 2.22. The van der Waals surface area contributed by atoms with Gasteiger partial charge in [-0.2, -0.15) is 0 Å². The second-order valence-corrected chi connectivity index (χ2v) is 8.83. The van der Waals surface area contributed by atoms with Gasteiger partial charge in [-0.15, -0.1) is 9.24 Å². The zero-order valence-electron chi connectivity index (χ0n) is 14.0. The van der Waals surface area contributed by atoms with Crippen molar-refractivity contribution in [3.05, 3.63) is 34.9 Å². The van der Waals surface area contributed by atoms with Gasteiger partial charge in [-0.25, -0.2) is 0 Å². The van der Waals surface area contributed by atoms with Gasteiger partial charge >= 0.3 is 0 Å². The second-order valence-electron chi connectivity index (χ2n) is 8.11. The molecule has 0 N–H and O–H groups in total. The molecule has 1 rings (SSSR count). The van der Waals surface area contributed by atoms with Gasteiger partial charge in [-0.05, 0) is 33.4 Å². The zero-order chi connectivity index (χ0) is 15.0. The fraction of sp³-hybridized carbons (Fsp3) is 0.667. The lowest BCUT2D eigenvalue weighted by molar-refractivity contribution is 0.561. The topological polar surface area (TPSA) is 0 Å². The third kappa shape index (κ3) is 4.32. The summed E-state index contributed by atoms with van der Waals surface area (Å²) in [6.45, 7) is 18.4. The van der Waals surface area contributed by atoms with Crippen LogP contribution < -0.4 is 0 Å². The Balaban J connectivity index is 3.41. The van der Waals surface area contributed by atoms with Crippen LogP contribution in [-0.2, 0) is 10.8 Å². The Morgan fingerprint density at radius 3 is 1.42 bits per heavy atom. The fourth-order valence-corrected chi connectivity index (χ4v) is 2.29. The van der Waals surface area contributed by atoms with Crippen LogP contribution in [0.5, 0.6) is 0 Å². The normalized spacial score (nSPS) is 14.8. The van der Waals surface area contributed by atoms with E-state index in [4.69, 9.17) is 0 Å². The van der Waals surface area contributed by atoms with Crippen molar-refractivity contribution in [2.24, 2.45) is 5.92 Å². The first-order chi connectivity index (χ1) is 8.43. The van der Waals surface area contributed by atoms with Crippen molar-refractivity contribution in [1.29, 1.82) is 0 Å². The van der Waals surface area contributed by atoms with Crippen LogP contribution in [0.3, 0.4) is 0 Å². The maximum Gasteiger partial charge on any atom is 0.000854 e. The fourth-order valence-electron chi connectivity index (χ4n) is 2.10. The second kappa shape index (κ2) is 5.57. The quantitative estimate of drug-likeness (QED) is 0.595. The van der Waals surface area contributed by atoms with Crippen LogP contribution in [0.4, 0.5) is 0 Å². The highest BCUT2D eigenvalue weighted by molar-refractivity contribution is 7.17. The molecule has 0 aliphatic rings. The number of hydrogen-bond acceptors (Lipinski definition) is 0. The van der Waals surface area contributed by atoms with Gasteiger partial charge in [-0.3, -0.25) is 0 Å². The zero-order valence-corrected chi connectivity index (χ0v) is 15.1. The van der Waals surface area contributed by atoms with E-state index in [0.29, 0.717) is 11.6 Å². The van der Waals surface area contributed by atoms with E-state index in [-0.39, 0.29) is 10.8 Å². The molecular weight excluding hydrogens is 247 g/mol. The van der Waals surface area contributed by atoms with E-state index in [1.165, 1.54) is 16.7 Å². The van der Waals surface area contributed by atoms with Crippen LogP contribution in [0.25, 0.3) is 0 Å².